The van der Waals surface area contributed by atoms with Crippen molar-refractivity contribution in [1.29, 1.82) is 0 Å². The molecule has 2 amide bonds. The molecule has 2 rings (SSSR count). The van der Waals surface area contributed by atoms with Crippen LogP contribution in [0, 0.1) is 5.41 Å². The molecule has 1 heterocycles. The zero-order chi connectivity index (χ0) is 17.6. The number of nitrogens with zero attached hydrogens (tertiary/aromatic N) is 2. The molecule has 0 bridgehead atoms. The van der Waals surface area contributed by atoms with Crippen LogP contribution < -0.4 is 5.73 Å². The van der Waals surface area contributed by atoms with Gasteiger partial charge in [0.15, 0.2) is 0 Å². The number of carbonyl (C=O) groups excluding carboxylic acids is 2. The zero-order valence-electron chi connectivity index (χ0n) is 15.2. The highest BCUT2D eigenvalue weighted by atomic mass is 35.5. The second-order valence-electron chi connectivity index (χ2n) is 6.53. The van der Waals surface area contributed by atoms with E-state index >= 15 is 0 Å². The summed E-state index contributed by atoms with van der Waals surface area (Å²) < 4.78 is 0. The Morgan fingerprint density at radius 3 is 2.00 bits per heavy atom. The van der Waals surface area contributed by atoms with Crippen LogP contribution in [0.15, 0.2) is 30.3 Å². The average Bonchev–Trinajstić information content (AvgIpc) is 2.64. The van der Waals surface area contributed by atoms with Crippen LogP contribution in [0.25, 0.3) is 0 Å². The van der Waals surface area contributed by atoms with E-state index in [2.05, 4.69) is 0 Å². The number of carbonyl (C=O) groups is 2. The molecule has 1 fully saturated rings. The number of halogens is 1. The van der Waals surface area contributed by atoms with Gasteiger partial charge in [-0.25, -0.2) is 0 Å². The standard InChI is InChI=1S/C19H29N3O2.ClH/c1-3-19(4-2,15-20)18(24)22-12-10-21(11-13-22)17(23)14-16-8-6-5-7-9-16;/h5-9H,3-4,10-15,20H2,1-2H3;1H. The van der Waals surface area contributed by atoms with Gasteiger partial charge >= 0.3 is 0 Å². The van der Waals surface area contributed by atoms with E-state index < -0.39 is 5.41 Å². The van der Waals surface area contributed by atoms with Gasteiger partial charge in [-0.1, -0.05) is 44.2 Å². The molecule has 0 spiro atoms. The Labute approximate surface area is 157 Å². The normalized spacial score (nSPS) is 14.8. The van der Waals surface area contributed by atoms with Gasteiger partial charge in [-0.2, -0.15) is 0 Å². The van der Waals surface area contributed by atoms with Crippen molar-refractivity contribution in [3.05, 3.63) is 35.9 Å². The summed E-state index contributed by atoms with van der Waals surface area (Å²) in [6.07, 6.45) is 1.93. The molecule has 0 unspecified atom stereocenters. The molecule has 1 aliphatic rings. The van der Waals surface area contributed by atoms with Crippen molar-refractivity contribution in [2.45, 2.75) is 33.1 Å². The first kappa shape index (κ1) is 21.5. The number of piperazine rings is 1. The second-order valence-corrected chi connectivity index (χ2v) is 6.53. The van der Waals surface area contributed by atoms with E-state index in [1.54, 1.807) is 0 Å². The summed E-state index contributed by atoms with van der Waals surface area (Å²) in [5, 5.41) is 0. The molecule has 0 aliphatic carbocycles. The highest BCUT2D eigenvalue weighted by molar-refractivity contribution is 5.85. The van der Waals surface area contributed by atoms with Gasteiger partial charge in [0.25, 0.3) is 0 Å². The number of rotatable bonds is 6. The van der Waals surface area contributed by atoms with Gasteiger partial charge in [0.05, 0.1) is 11.8 Å². The van der Waals surface area contributed by atoms with Crippen molar-refractivity contribution in [3.63, 3.8) is 0 Å². The Bertz CT molecular complexity index is 545. The Hall–Kier alpha value is -1.59. The molecule has 6 heteroatoms. The Kier molecular flexibility index (Phi) is 8.39. The minimum absolute atomic E-state index is 0. The summed E-state index contributed by atoms with van der Waals surface area (Å²) in [6.45, 7) is 6.83. The Balaban J connectivity index is 0.00000312. The van der Waals surface area contributed by atoms with Crippen molar-refractivity contribution in [1.82, 2.24) is 9.80 Å². The van der Waals surface area contributed by atoms with Crippen LogP contribution in [-0.2, 0) is 16.0 Å². The molecule has 1 saturated heterocycles. The Morgan fingerprint density at radius 1 is 1.00 bits per heavy atom. The molecular formula is C19H30ClN3O2. The minimum atomic E-state index is -0.448. The maximum absolute atomic E-state index is 12.8. The SMILES string of the molecule is CCC(CC)(CN)C(=O)N1CCN(C(=O)Cc2ccccc2)CC1.Cl. The molecule has 0 aromatic heterocycles. The number of hydrogen-bond acceptors (Lipinski definition) is 3. The van der Waals surface area contributed by atoms with Gasteiger partial charge in [-0.3, -0.25) is 9.59 Å². The summed E-state index contributed by atoms with van der Waals surface area (Å²) in [5.74, 6) is 0.273. The third kappa shape index (κ3) is 4.95. The predicted octanol–water partition coefficient (Wildman–Crippen LogP) is 2.09. The van der Waals surface area contributed by atoms with E-state index in [4.69, 9.17) is 5.73 Å². The van der Waals surface area contributed by atoms with E-state index in [9.17, 15) is 9.59 Å². The monoisotopic (exact) mass is 367 g/mol. The molecule has 140 valence electrons. The van der Waals surface area contributed by atoms with Gasteiger partial charge in [-0.15, -0.1) is 12.4 Å². The number of nitrogens with two attached hydrogens (primary N) is 1. The number of hydrogen-bond donors (Lipinski definition) is 1. The lowest BCUT2D eigenvalue weighted by molar-refractivity contribution is -0.147. The fourth-order valence-corrected chi connectivity index (χ4v) is 3.31. The summed E-state index contributed by atoms with van der Waals surface area (Å²) in [5.41, 5.74) is 6.47. The highest BCUT2D eigenvalue weighted by Crippen LogP contribution is 2.28. The van der Waals surface area contributed by atoms with Gasteiger partial charge < -0.3 is 15.5 Å². The van der Waals surface area contributed by atoms with Crippen LogP contribution in [0.3, 0.4) is 0 Å². The van der Waals surface area contributed by atoms with Crippen molar-refractivity contribution in [3.8, 4) is 0 Å². The van der Waals surface area contributed by atoms with Crippen LogP contribution in [0.5, 0.6) is 0 Å². The van der Waals surface area contributed by atoms with Gasteiger partial charge in [0.2, 0.25) is 11.8 Å². The molecule has 1 aliphatic heterocycles. The summed E-state index contributed by atoms with van der Waals surface area (Å²) in [4.78, 5) is 29.0. The molecule has 5 nitrogen and oxygen atoms in total. The summed E-state index contributed by atoms with van der Waals surface area (Å²) in [6, 6.07) is 9.78. The topological polar surface area (TPSA) is 66.6 Å². The Morgan fingerprint density at radius 2 is 1.52 bits per heavy atom. The van der Waals surface area contributed by atoms with Crippen molar-refractivity contribution in [2.75, 3.05) is 32.7 Å². The molecule has 0 atom stereocenters. The minimum Gasteiger partial charge on any atom is -0.339 e. The smallest absolute Gasteiger partial charge is 0.230 e. The quantitative estimate of drug-likeness (QED) is 0.837. The van der Waals surface area contributed by atoms with Crippen LogP contribution in [-0.4, -0.2) is 54.3 Å². The van der Waals surface area contributed by atoms with E-state index in [0.29, 0.717) is 39.1 Å². The van der Waals surface area contributed by atoms with Crippen molar-refractivity contribution >= 4 is 24.2 Å². The van der Waals surface area contributed by atoms with E-state index in [0.717, 1.165) is 18.4 Å². The van der Waals surface area contributed by atoms with Gasteiger partial charge in [-0.05, 0) is 18.4 Å². The maximum Gasteiger partial charge on any atom is 0.230 e. The third-order valence-electron chi connectivity index (χ3n) is 5.32. The van der Waals surface area contributed by atoms with Gasteiger partial charge in [0, 0.05) is 32.7 Å². The first-order valence-electron chi connectivity index (χ1n) is 8.87. The van der Waals surface area contributed by atoms with E-state index in [-0.39, 0.29) is 24.2 Å². The number of benzene rings is 1. The maximum atomic E-state index is 12.8. The van der Waals surface area contributed by atoms with E-state index in [1.165, 1.54) is 0 Å². The summed E-state index contributed by atoms with van der Waals surface area (Å²) in [7, 11) is 0. The van der Waals surface area contributed by atoms with Crippen LogP contribution in [0.4, 0.5) is 0 Å². The molecule has 25 heavy (non-hydrogen) atoms. The molecule has 2 N–H and O–H groups in total. The first-order valence-corrected chi connectivity index (χ1v) is 8.87. The average molecular weight is 368 g/mol. The lowest BCUT2D eigenvalue weighted by Crippen LogP contribution is -2.55. The fraction of sp³-hybridized carbons (Fsp3) is 0.579. The lowest BCUT2D eigenvalue weighted by Gasteiger charge is -2.40. The lowest BCUT2D eigenvalue weighted by atomic mass is 9.81. The van der Waals surface area contributed by atoms with E-state index in [1.807, 2.05) is 54.0 Å². The molecule has 0 radical (unpaired) electrons. The van der Waals surface area contributed by atoms with Crippen LogP contribution >= 0.6 is 12.4 Å². The largest absolute Gasteiger partial charge is 0.339 e. The molecule has 0 saturated carbocycles. The molecule has 1 aromatic rings. The molecule has 1 aromatic carbocycles. The third-order valence-corrected chi connectivity index (χ3v) is 5.32. The van der Waals surface area contributed by atoms with Crippen molar-refractivity contribution in [2.24, 2.45) is 11.1 Å². The highest BCUT2D eigenvalue weighted by Gasteiger charge is 2.38. The number of amides is 2. The second kappa shape index (κ2) is 9.78. The van der Waals surface area contributed by atoms with Crippen LogP contribution in [0.2, 0.25) is 0 Å². The fourth-order valence-electron chi connectivity index (χ4n) is 3.31. The van der Waals surface area contributed by atoms with Crippen molar-refractivity contribution < 1.29 is 9.59 Å². The van der Waals surface area contributed by atoms with Gasteiger partial charge in [0.1, 0.15) is 0 Å². The zero-order valence-corrected chi connectivity index (χ0v) is 16.1. The van der Waals surface area contributed by atoms with Crippen LogP contribution in [0.1, 0.15) is 32.3 Å². The predicted molar refractivity (Wildman–Crippen MR) is 103 cm³/mol. The summed E-state index contributed by atoms with van der Waals surface area (Å²) >= 11 is 0. The first-order chi connectivity index (χ1) is 11.6. The molecular weight excluding hydrogens is 338 g/mol.